The maximum Gasteiger partial charge on any atom is 0.511 e. The molecule has 0 radical (unpaired) electrons. The van der Waals surface area contributed by atoms with E-state index in [0.29, 0.717) is 30.4 Å². The minimum Gasteiger partial charge on any atom is -0.449 e. The van der Waals surface area contributed by atoms with Gasteiger partial charge in [-0.3, -0.25) is 0 Å². The maximum absolute atomic E-state index is 10.8. The van der Waals surface area contributed by atoms with Crippen LogP contribution in [0.15, 0.2) is 60.0 Å². The van der Waals surface area contributed by atoms with E-state index in [4.69, 9.17) is 21.4 Å². The molecule has 4 N–H and O–H groups in total. The summed E-state index contributed by atoms with van der Waals surface area (Å²) in [6.07, 6.45) is -1.95. The summed E-state index contributed by atoms with van der Waals surface area (Å²) in [5, 5.41) is 28.0. The van der Waals surface area contributed by atoms with Gasteiger partial charge in [0, 0.05) is 30.3 Å². The molecule has 1 atom stereocenters. The number of hydrogen-bond donors (Lipinski definition) is 4. The molecule has 0 amide bonds. The molecular formula is C21H21ClN2O4S. The number of hydrogen-bond acceptors (Lipinski definition) is 6. The van der Waals surface area contributed by atoms with Crippen LogP contribution in [0.1, 0.15) is 11.7 Å². The summed E-state index contributed by atoms with van der Waals surface area (Å²) in [7, 11) is 0. The maximum atomic E-state index is 10.8. The quantitative estimate of drug-likeness (QED) is 0.285. The highest BCUT2D eigenvalue weighted by Gasteiger charge is 2.12. The first-order valence-electron chi connectivity index (χ1n) is 9.00. The van der Waals surface area contributed by atoms with Gasteiger partial charge in [0.2, 0.25) is 0 Å². The van der Waals surface area contributed by atoms with Gasteiger partial charge in [0.1, 0.15) is 0 Å². The Balaban J connectivity index is 1.49. The van der Waals surface area contributed by atoms with E-state index < -0.39 is 12.3 Å². The zero-order chi connectivity index (χ0) is 20.6. The topological polar surface area (TPSA) is 90.8 Å². The summed E-state index contributed by atoms with van der Waals surface area (Å²) < 4.78 is 4.82. The number of benzene rings is 2. The summed E-state index contributed by atoms with van der Waals surface area (Å²) in [6.45, 7) is 1.75. The molecule has 0 unspecified atom stereocenters. The summed E-state index contributed by atoms with van der Waals surface area (Å²) in [5.41, 5.74) is 2.57. The van der Waals surface area contributed by atoms with Crippen LogP contribution in [-0.4, -0.2) is 36.0 Å². The van der Waals surface area contributed by atoms with Crippen molar-refractivity contribution in [1.82, 2.24) is 5.32 Å². The SMILES string of the molecule is O=C(O)Oc1ccsc1-c1cccc(NCCNC[C@H](O)c2cccc(Cl)c2)c1. The van der Waals surface area contributed by atoms with E-state index in [1.165, 1.54) is 11.3 Å². The van der Waals surface area contributed by atoms with Crippen LogP contribution in [0, 0.1) is 0 Å². The second-order valence-corrected chi connectivity index (χ2v) is 7.62. The average Bonchev–Trinajstić information content (AvgIpc) is 3.15. The zero-order valence-electron chi connectivity index (χ0n) is 15.5. The highest BCUT2D eigenvalue weighted by atomic mass is 35.5. The van der Waals surface area contributed by atoms with Gasteiger partial charge in [0.05, 0.1) is 11.0 Å². The molecule has 2 aromatic carbocycles. The summed E-state index contributed by atoms with van der Waals surface area (Å²) in [5.74, 6) is 0.330. The first-order chi connectivity index (χ1) is 14.0. The third-order valence-electron chi connectivity index (χ3n) is 4.15. The van der Waals surface area contributed by atoms with Crippen LogP contribution in [0.2, 0.25) is 5.02 Å². The van der Waals surface area contributed by atoms with E-state index in [1.54, 1.807) is 23.6 Å². The number of nitrogens with one attached hydrogen (secondary N) is 2. The zero-order valence-corrected chi connectivity index (χ0v) is 17.0. The van der Waals surface area contributed by atoms with Crippen LogP contribution in [0.4, 0.5) is 10.5 Å². The summed E-state index contributed by atoms with van der Waals surface area (Å²) in [6, 6.07) is 16.5. The van der Waals surface area contributed by atoms with E-state index in [-0.39, 0.29) is 0 Å². The van der Waals surface area contributed by atoms with Gasteiger partial charge in [-0.05, 0) is 46.8 Å². The first-order valence-corrected chi connectivity index (χ1v) is 10.3. The second-order valence-electron chi connectivity index (χ2n) is 6.26. The molecule has 0 fully saturated rings. The monoisotopic (exact) mass is 432 g/mol. The lowest BCUT2D eigenvalue weighted by Gasteiger charge is -2.13. The van der Waals surface area contributed by atoms with Gasteiger partial charge in [-0.2, -0.15) is 0 Å². The predicted octanol–water partition coefficient (Wildman–Crippen LogP) is 4.86. The average molecular weight is 433 g/mol. The predicted molar refractivity (Wildman–Crippen MR) is 116 cm³/mol. The normalized spacial score (nSPS) is 11.8. The van der Waals surface area contributed by atoms with Crippen molar-refractivity contribution in [3.8, 4) is 16.2 Å². The highest BCUT2D eigenvalue weighted by molar-refractivity contribution is 7.14. The molecule has 8 heteroatoms. The standard InChI is InChI=1S/C21H21ClN2O4S/c22-16-5-1-3-14(11-16)18(25)13-23-8-9-24-17-6-2-4-15(12-17)20-19(7-10-29-20)28-21(26)27/h1-7,10-12,18,23-25H,8-9,13H2,(H,26,27)/t18-/m0/s1. The van der Waals surface area contributed by atoms with E-state index in [9.17, 15) is 9.90 Å². The van der Waals surface area contributed by atoms with Crippen LogP contribution in [0.5, 0.6) is 5.75 Å². The Labute approximate surface area is 177 Å². The van der Waals surface area contributed by atoms with Gasteiger partial charge in [0.25, 0.3) is 0 Å². The van der Waals surface area contributed by atoms with Gasteiger partial charge < -0.3 is 25.6 Å². The van der Waals surface area contributed by atoms with Crippen LogP contribution in [-0.2, 0) is 0 Å². The molecule has 3 aromatic rings. The Morgan fingerprint density at radius 3 is 2.76 bits per heavy atom. The largest absolute Gasteiger partial charge is 0.511 e. The van der Waals surface area contributed by atoms with Gasteiger partial charge >= 0.3 is 6.16 Å². The van der Waals surface area contributed by atoms with Gasteiger partial charge in [-0.15, -0.1) is 11.3 Å². The molecular weight excluding hydrogens is 412 g/mol. The van der Waals surface area contributed by atoms with Crippen molar-refractivity contribution in [2.24, 2.45) is 0 Å². The number of aliphatic hydroxyl groups excluding tert-OH is 1. The van der Waals surface area contributed by atoms with E-state index in [2.05, 4.69) is 10.6 Å². The minimum atomic E-state index is -1.33. The van der Waals surface area contributed by atoms with Gasteiger partial charge in [-0.25, -0.2) is 4.79 Å². The van der Waals surface area contributed by atoms with Crippen molar-refractivity contribution in [2.75, 3.05) is 25.0 Å². The molecule has 29 heavy (non-hydrogen) atoms. The van der Waals surface area contributed by atoms with Crippen molar-refractivity contribution in [1.29, 1.82) is 0 Å². The van der Waals surface area contributed by atoms with Crippen molar-refractivity contribution >= 4 is 34.8 Å². The fraction of sp³-hybridized carbons (Fsp3) is 0.190. The van der Waals surface area contributed by atoms with Crippen molar-refractivity contribution < 1.29 is 19.7 Å². The number of halogens is 1. The number of thiophene rings is 1. The molecule has 0 saturated carbocycles. The number of anilines is 1. The summed E-state index contributed by atoms with van der Waals surface area (Å²) >= 11 is 7.37. The van der Waals surface area contributed by atoms with Crippen molar-refractivity contribution in [3.05, 3.63) is 70.6 Å². The van der Waals surface area contributed by atoms with Crippen molar-refractivity contribution in [3.63, 3.8) is 0 Å². The molecule has 0 aliphatic rings. The fourth-order valence-corrected chi connectivity index (χ4v) is 3.83. The van der Waals surface area contributed by atoms with Crippen LogP contribution >= 0.6 is 22.9 Å². The third-order valence-corrected chi connectivity index (χ3v) is 5.33. The summed E-state index contributed by atoms with van der Waals surface area (Å²) in [4.78, 5) is 11.6. The highest BCUT2D eigenvalue weighted by Crippen LogP contribution is 2.36. The minimum absolute atomic E-state index is 0.330. The smallest absolute Gasteiger partial charge is 0.449 e. The molecule has 0 saturated heterocycles. The molecule has 0 bridgehead atoms. The molecule has 152 valence electrons. The van der Waals surface area contributed by atoms with E-state index >= 15 is 0 Å². The Hall–Kier alpha value is -2.58. The van der Waals surface area contributed by atoms with Gasteiger partial charge in [-0.1, -0.05) is 35.9 Å². The number of carboxylic acid groups (broad SMARTS) is 1. The lowest BCUT2D eigenvalue weighted by molar-refractivity contribution is 0.145. The van der Waals surface area contributed by atoms with Gasteiger partial charge in [0.15, 0.2) is 5.75 Å². The van der Waals surface area contributed by atoms with Crippen LogP contribution < -0.4 is 15.4 Å². The number of ether oxygens (including phenoxy) is 1. The molecule has 1 heterocycles. The Bertz CT molecular complexity index is 963. The number of rotatable bonds is 9. The fourth-order valence-electron chi connectivity index (χ4n) is 2.82. The third kappa shape index (κ3) is 6.20. The molecule has 3 rings (SSSR count). The first kappa shape index (κ1) is 21.1. The number of carbonyl (C=O) groups is 1. The van der Waals surface area contributed by atoms with Crippen LogP contribution in [0.3, 0.4) is 0 Å². The van der Waals surface area contributed by atoms with E-state index in [0.717, 1.165) is 21.7 Å². The Kier molecular flexibility index (Phi) is 7.48. The Morgan fingerprint density at radius 2 is 1.97 bits per heavy atom. The van der Waals surface area contributed by atoms with E-state index in [1.807, 2.05) is 36.4 Å². The molecule has 1 aromatic heterocycles. The lowest BCUT2D eigenvalue weighted by Crippen LogP contribution is -2.26. The molecule has 0 spiro atoms. The number of aliphatic hydroxyl groups is 1. The molecule has 0 aliphatic heterocycles. The molecule has 0 aliphatic carbocycles. The lowest BCUT2D eigenvalue weighted by atomic mass is 10.1. The second kappa shape index (κ2) is 10.3. The van der Waals surface area contributed by atoms with Crippen LogP contribution in [0.25, 0.3) is 10.4 Å². The van der Waals surface area contributed by atoms with Crippen molar-refractivity contribution in [2.45, 2.75) is 6.10 Å². The Morgan fingerprint density at radius 1 is 1.14 bits per heavy atom. The molecule has 6 nitrogen and oxygen atoms in total.